The molecule has 4 saturated heterocycles. The Labute approximate surface area is 188 Å². The predicted molar refractivity (Wildman–Crippen MR) is 118 cm³/mol. The molecule has 5 heterocycles. The number of carbonyl (C=O) groups is 2. The van der Waals surface area contributed by atoms with Crippen LogP contribution in [0.4, 0.5) is 15.4 Å². The first-order valence-corrected chi connectivity index (χ1v) is 11.9. The van der Waals surface area contributed by atoms with Crippen molar-refractivity contribution in [2.24, 2.45) is 0 Å². The number of aliphatic hydroxyl groups is 1. The van der Waals surface area contributed by atoms with Crippen LogP contribution in [0.15, 0.2) is 18.6 Å². The average Bonchev–Trinajstić information content (AvgIpc) is 3.10. The lowest BCUT2D eigenvalue weighted by atomic mass is 10.0. The Morgan fingerprint density at radius 3 is 2.41 bits per heavy atom. The fraction of sp³-hybridized carbons (Fsp3) is 0.727. The number of anilines is 1. The predicted octanol–water partition coefficient (Wildman–Crippen LogP) is 0.880. The topological polar surface area (TPSA) is 105 Å². The zero-order valence-electron chi connectivity index (χ0n) is 18.5. The standard InChI is InChI=1S/C22H33N7O3/c30-19-12-17-3-4-18(13-19)29(17)21(31)25-16-2-1-7-28(15-16)22(32)27-10-8-26(9-11-27)20-14-23-5-6-24-20/h5-6,14,16-19,30H,1-4,7-13,15H2,(H,25,31)/t16-,17-,18+,19?/m0/s1. The number of likely N-dealkylation sites (tertiary alicyclic amines) is 1. The number of rotatable bonds is 2. The van der Waals surface area contributed by atoms with Crippen LogP contribution < -0.4 is 10.2 Å². The summed E-state index contributed by atoms with van der Waals surface area (Å²) in [6.45, 7) is 4.08. The Hall–Kier alpha value is -2.62. The van der Waals surface area contributed by atoms with Gasteiger partial charge in [0.1, 0.15) is 5.82 Å². The summed E-state index contributed by atoms with van der Waals surface area (Å²) in [4.78, 5) is 42.5. The number of aromatic nitrogens is 2. The van der Waals surface area contributed by atoms with E-state index in [1.807, 2.05) is 14.7 Å². The number of fused-ring (bicyclic) bond motifs is 2. The molecule has 32 heavy (non-hydrogen) atoms. The first-order chi connectivity index (χ1) is 15.6. The first kappa shape index (κ1) is 21.2. The highest BCUT2D eigenvalue weighted by Gasteiger charge is 2.43. The summed E-state index contributed by atoms with van der Waals surface area (Å²) in [5.74, 6) is 0.847. The molecule has 4 atom stereocenters. The highest BCUT2D eigenvalue weighted by Crippen LogP contribution is 2.35. The Bertz CT molecular complexity index is 803. The number of urea groups is 2. The van der Waals surface area contributed by atoms with Crippen LogP contribution in [0, 0.1) is 0 Å². The second-order valence-corrected chi connectivity index (χ2v) is 9.47. The van der Waals surface area contributed by atoms with Crippen LogP contribution in [0.2, 0.25) is 0 Å². The molecule has 4 amide bonds. The molecule has 4 aliphatic heterocycles. The summed E-state index contributed by atoms with van der Waals surface area (Å²) in [7, 11) is 0. The number of nitrogens with zero attached hydrogens (tertiary/aromatic N) is 6. The minimum atomic E-state index is -0.284. The van der Waals surface area contributed by atoms with Crippen molar-refractivity contribution in [1.82, 2.24) is 30.0 Å². The van der Waals surface area contributed by atoms with Crippen LogP contribution in [-0.2, 0) is 0 Å². The number of nitrogens with one attached hydrogen (secondary N) is 1. The molecule has 0 saturated carbocycles. The minimum absolute atomic E-state index is 0.0210. The van der Waals surface area contributed by atoms with Gasteiger partial charge in [-0.25, -0.2) is 14.6 Å². The summed E-state index contributed by atoms with van der Waals surface area (Å²) < 4.78 is 0. The van der Waals surface area contributed by atoms with Crippen LogP contribution in [0.3, 0.4) is 0 Å². The van der Waals surface area contributed by atoms with Crippen molar-refractivity contribution in [2.75, 3.05) is 44.2 Å². The van der Waals surface area contributed by atoms with Crippen LogP contribution in [-0.4, -0.2) is 105 Å². The van der Waals surface area contributed by atoms with Gasteiger partial charge in [0.05, 0.1) is 12.3 Å². The maximum Gasteiger partial charge on any atom is 0.320 e. The molecule has 0 aliphatic carbocycles. The smallest absolute Gasteiger partial charge is 0.320 e. The molecule has 1 aromatic rings. The van der Waals surface area contributed by atoms with E-state index in [9.17, 15) is 14.7 Å². The van der Waals surface area contributed by atoms with Crippen molar-refractivity contribution in [3.8, 4) is 0 Å². The molecule has 1 aromatic heterocycles. The van der Waals surface area contributed by atoms with Crippen molar-refractivity contribution in [1.29, 1.82) is 0 Å². The summed E-state index contributed by atoms with van der Waals surface area (Å²) in [6.07, 6.45) is 9.92. The quantitative estimate of drug-likeness (QED) is 0.703. The SMILES string of the molecule is O=C(N1CCN(c2cnccn2)CC1)N1CCC[C@H](NC(=O)N2[C@@H]3CC[C@H]2CC(O)C3)C1. The second kappa shape index (κ2) is 9.09. The Morgan fingerprint density at radius 1 is 0.969 bits per heavy atom. The summed E-state index contributed by atoms with van der Waals surface area (Å²) in [5.41, 5.74) is 0. The van der Waals surface area contributed by atoms with E-state index < -0.39 is 0 Å². The molecule has 10 heteroatoms. The van der Waals surface area contributed by atoms with Crippen molar-refractivity contribution < 1.29 is 14.7 Å². The van der Waals surface area contributed by atoms with E-state index >= 15 is 0 Å². The fourth-order valence-corrected chi connectivity index (χ4v) is 5.78. The van der Waals surface area contributed by atoms with Gasteiger partial charge in [0.2, 0.25) is 0 Å². The van der Waals surface area contributed by atoms with Gasteiger partial charge in [-0.2, -0.15) is 0 Å². The van der Waals surface area contributed by atoms with Gasteiger partial charge < -0.3 is 30.0 Å². The molecule has 4 aliphatic rings. The molecule has 4 fully saturated rings. The monoisotopic (exact) mass is 443 g/mol. The van der Waals surface area contributed by atoms with Crippen molar-refractivity contribution in [2.45, 2.75) is 62.8 Å². The lowest BCUT2D eigenvalue weighted by Crippen LogP contribution is -2.59. The molecule has 2 N–H and O–H groups in total. The third-order valence-corrected chi connectivity index (χ3v) is 7.39. The van der Waals surface area contributed by atoms with E-state index in [1.54, 1.807) is 18.6 Å². The number of piperazine rings is 1. The molecule has 0 spiro atoms. The van der Waals surface area contributed by atoms with Crippen LogP contribution >= 0.6 is 0 Å². The Morgan fingerprint density at radius 2 is 1.72 bits per heavy atom. The van der Waals surface area contributed by atoms with Gasteiger partial charge >= 0.3 is 12.1 Å². The number of hydrogen-bond acceptors (Lipinski definition) is 6. The molecule has 0 radical (unpaired) electrons. The third-order valence-electron chi connectivity index (χ3n) is 7.39. The van der Waals surface area contributed by atoms with Gasteiger partial charge in [-0.05, 0) is 38.5 Å². The maximum absolute atomic E-state index is 13.1. The van der Waals surface area contributed by atoms with Crippen molar-refractivity contribution in [3.05, 3.63) is 18.6 Å². The molecular weight excluding hydrogens is 410 g/mol. The Kier molecular flexibility index (Phi) is 6.03. The molecule has 2 bridgehead atoms. The third kappa shape index (κ3) is 4.32. The second-order valence-electron chi connectivity index (χ2n) is 9.47. The minimum Gasteiger partial charge on any atom is -0.393 e. The van der Waals surface area contributed by atoms with E-state index in [0.717, 1.165) is 51.1 Å². The Balaban J connectivity index is 1.13. The van der Waals surface area contributed by atoms with Gasteiger partial charge in [0.15, 0.2) is 0 Å². The van der Waals surface area contributed by atoms with Gasteiger partial charge in [0, 0.05) is 69.8 Å². The van der Waals surface area contributed by atoms with E-state index in [2.05, 4.69) is 20.2 Å². The molecular formula is C22H33N7O3. The van der Waals surface area contributed by atoms with Crippen molar-refractivity contribution >= 4 is 17.9 Å². The summed E-state index contributed by atoms with van der Waals surface area (Å²) in [5, 5.41) is 13.2. The van der Waals surface area contributed by atoms with Crippen LogP contribution in [0.1, 0.15) is 38.5 Å². The van der Waals surface area contributed by atoms with E-state index in [-0.39, 0.29) is 36.3 Å². The van der Waals surface area contributed by atoms with Gasteiger partial charge in [0.25, 0.3) is 0 Å². The summed E-state index contributed by atoms with van der Waals surface area (Å²) >= 11 is 0. The van der Waals surface area contributed by atoms with Gasteiger partial charge in [-0.1, -0.05) is 0 Å². The molecule has 1 unspecified atom stereocenters. The summed E-state index contributed by atoms with van der Waals surface area (Å²) in [6, 6.07) is 0.309. The number of hydrogen-bond donors (Lipinski definition) is 2. The normalized spacial score (nSPS) is 30.4. The van der Waals surface area contributed by atoms with E-state index in [0.29, 0.717) is 32.5 Å². The average molecular weight is 444 g/mol. The van der Waals surface area contributed by atoms with Gasteiger partial charge in [-0.15, -0.1) is 0 Å². The van der Waals surface area contributed by atoms with Crippen molar-refractivity contribution in [3.63, 3.8) is 0 Å². The zero-order chi connectivity index (χ0) is 22.1. The van der Waals surface area contributed by atoms with Crippen LogP contribution in [0.25, 0.3) is 0 Å². The number of carbonyl (C=O) groups excluding carboxylic acids is 2. The molecule has 10 nitrogen and oxygen atoms in total. The fourth-order valence-electron chi connectivity index (χ4n) is 5.78. The van der Waals surface area contributed by atoms with Crippen LogP contribution in [0.5, 0.6) is 0 Å². The lowest BCUT2D eigenvalue weighted by molar-refractivity contribution is 0.0522. The molecule has 0 aromatic carbocycles. The number of aliphatic hydroxyl groups excluding tert-OH is 1. The lowest BCUT2D eigenvalue weighted by Gasteiger charge is -2.41. The number of amides is 4. The largest absolute Gasteiger partial charge is 0.393 e. The zero-order valence-corrected chi connectivity index (χ0v) is 18.5. The van der Waals surface area contributed by atoms with E-state index in [1.165, 1.54) is 0 Å². The molecule has 5 rings (SSSR count). The van der Waals surface area contributed by atoms with E-state index in [4.69, 9.17) is 0 Å². The maximum atomic E-state index is 13.1. The molecule has 174 valence electrons. The van der Waals surface area contributed by atoms with Gasteiger partial charge in [-0.3, -0.25) is 4.98 Å². The highest BCUT2D eigenvalue weighted by atomic mass is 16.3. The number of piperidine rings is 2. The highest BCUT2D eigenvalue weighted by molar-refractivity contribution is 5.77. The first-order valence-electron chi connectivity index (χ1n) is 11.9.